The van der Waals surface area contributed by atoms with E-state index < -0.39 is 0 Å². The van der Waals surface area contributed by atoms with Crippen LogP contribution in [0.5, 0.6) is 5.75 Å². The predicted octanol–water partition coefficient (Wildman–Crippen LogP) is 3.25. The predicted molar refractivity (Wildman–Crippen MR) is 85.2 cm³/mol. The summed E-state index contributed by atoms with van der Waals surface area (Å²) in [6.07, 6.45) is 0.757. The van der Waals surface area contributed by atoms with Crippen molar-refractivity contribution in [3.63, 3.8) is 0 Å². The Labute approximate surface area is 129 Å². The molecule has 0 fully saturated rings. The van der Waals surface area contributed by atoms with Gasteiger partial charge < -0.3 is 10.1 Å². The van der Waals surface area contributed by atoms with E-state index >= 15 is 0 Å². The van der Waals surface area contributed by atoms with Gasteiger partial charge in [-0.1, -0.05) is 19.9 Å². The molecule has 0 aliphatic carbocycles. The van der Waals surface area contributed by atoms with Gasteiger partial charge in [-0.3, -0.25) is 4.79 Å². The van der Waals surface area contributed by atoms with Crippen LogP contribution in [0, 0.1) is 0 Å². The lowest BCUT2D eigenvalue weighted by Crippen LogP contribution is -2.25. The first-order valence-corrected chi connectivity index (χ1v) is 7.84. The molecule has 1 aromatic carbocycles. The molecule has 5 heteroatoms. The maximum atomic E-state index is 12.0. The number of ether oxygens (including phenoxy) is 1. The molecule has 0 radical (unpaired) electrons. The summed E-state index contributed by atoms with van der Waals surface area (Å²) in [6, 6.07) is 7.14. The topological polar surface area (TPSA) is 51.2 Å². The molecule has 0 atom stereocenters. The molecule has 21 heavy (non-hydrogen) atoms. The zero-order chi connectivity index (χ0) is 15.2. The summed E-state index contributed by atoms with van der Waals surface area (Å²) in [6.45, 7) is 4.84. The number of hydrogen-bond donors (Lipinski definition) is 1. The molecule has 0 bridgehead atoms. The molecule has 1 amide bonds. The number of nitrogens with one attached hydrogen (secondary N) is 1. The van der Waals surface area contributed by atoms with E-state index in [1.165, 1.54) is 0 Å². The molecule has 1 aromatic heterocycles. The van der Waals surface area contributed by atoms with Crippen molar-refractivity contribution in [1.29, 1.82) is 0 Å². The molecule has 112 valence electrons. The number of aromatic nitrogens is 1. The summed E-state index contributed by atoms with van der Waals surface area (Å²) < 4.78 is 5.12. The van der Waals surface area contributed by atoms with Crippen LogP contribution in [0.25, 0.3) is 0 Å². The van der Waals surface area contributed by atoms with Crippen LogP contribution in [-0.4, -0.2) is 24.5 Å². The van der Waals surface area contributed by atoms with E-state index in [2.05, 4.69) is 29.5 Å². The van der Waals surface area contributed by atoms with E-state index in [0.29, 0.717) is 23.8 Å². The first-order valence-electron chi connectivity index (χ1n) is 6.96. The van der Waals surface area contributed by atoms with Crippen molar-refractivity contribution in [3.8, 4) is 5.75 Å². The number of amides is 1. The highest BCUT2D eigenvalue weighted by Gasteiger charge is 2.08. The Bertz CT molecular complexity index is 608. The first kappa shape index (κ1) is 15.5. The van der Waals surface area contributed by atoms with Gasteiger partial charge in [0.05, 0.1) is 17.8 Å². The van der Waals surface area contributed by atoms with Crippen molar-refractivity contribution in [2.24, 2.45) is 0 Å². The second-order valence-corrected chi connectivity index (χ2v) is 6.00. The van der Waals surface area contributed by atoms with Gasteiger partial charge >= 0.3 is 0 Å². The third kappa shape index (κ3) is 4.29. The second kappa shape index (κ2) is 7.22. The van der Waals surface area contributed by atoms with Crippen molar-refractivity contribution in [2.45, 2.75) is 26.2 Å². The monoisotopic (exact) mass is 304 g/mol. The van der Waals surface area contributed by atoms with Crippen LogP contribution in [0.3, 0.4) is 0 Å². The van der Waals surface area contributed by atoms with Crippen molar-refractivity contribution < 1.29 is 9.53 Å². The highest BCUT2D eigenvalue weighted by Crippen LogP contribution is 2.18. The number of carbonyl (C=O) groups excluding carboxylic acids is 1. The molecule has 1 N–H and O–H groups in total. The van der Waals surface area contributed by atoms with Crippen LogP contribution >= 0.6 is 11.3 Å². The van der Waals surface area contributed by atoms with E-state index in [4.69, 9.17) is 4.74 Å². The zero-order valence-electron chi connectivity index (χ0n) is 12.6. The van der Waals surface area contributed by atoms with E-state index in [9.17, 15) is 4.79 Å². The largest absolute Gasteiger partial charge is 0.497 e. The van der Waals surface area contributed by atoms with Gasteiger partial charge in [0.1, 0.15) is 5.75 Å². The van der Waals surface area contributed by atoms with Crippen LogP contribution < -0.4 is 10.1 Å². The third-order valence-electron chi connectivity index (χ3n) is 3.12. The molecule has 0 saturated heterocycles. The molecule has 0 aliphatic rings. The van der Waals surface area contributed by atoms with Crippen molar-refractivity contribution in [1.82, 2.24) is 10.3 Å². The lowest BCUT2D eigenvalue weighted by molar-refractivity contribution is 0.0954. The average Bonchev–Trinajstić information content (AvgIpc) is 2.96. The highest BCUT2D eigenvalue weighted by molar-refractivity contribution is 7.09. The standard InChI is InChI=1S/C16H20N2O2S/c1-11(2)14-10-21-15(18-14)7-8-17-16(19)12-5-4-6-13(9-12)20-3/h4-6,9-11H,7-8H2,1-3H3,(H,17,19). The van der Waals surface area contributed by atoms with E-state index in [0.717, 1.165) is 17.1 Å². The van der Waals surface area contributed by atoms with Gasteiger partial charge in [-0.25, -0.2) is 4.98 Å². The summed E-state index contributed by atoms with van der Waals surface area (Å²) in [5, 5.41) is 6.06. The Morgan fingerprint density at radius 3 is 2.90 bits per heavy atom. The molecular formula is C16H20N2O2S. The summed E-state index contributed by atoms with van der Waals surface area (Å²) in [5.74, 6) is 1.04. The van der Waals surface area contributed by atoms with Gasteiger partial charge in [0, 0.05) is 23.9 Å². The fourth-order valence-corrected chi connectivity index (χ4v) is 2.81. The van der Waals surface area contributed by atoms with Gasteiger partial charge in [-0.05, 0) is 24.1 Å². The van der Waals surface area contributed by atoms with Crippen LogP contribution in [0.2, 0.25) is 0 Å². The molecule has 0 spiro atoms. The number of benzene rings is 1. The van der Waals surface area contributed by atoms with Gasteiger partial charge in [0.25, 0.3) is 5.91 Å². The molecule has 4 nitrogen and oxygen atoms in total. The summed E-state index contributed by atoms with van der Waals surface area (Å²) in [4.78, 5) is 16.6. The number of thiazole rings is 1. The van der Waals surface area contributed by atoms with Crippen LogP contribution in [-0.2, 0) is 6.42 Å². The lowest BCUT2D eigenvalue weighted by atomic mass is 10.2. The number of methoxy groups -OCH3 is 1. The Hall–Kier alpha value is -1.88. The maximum absolute atomic E-state index is 12.0. The van der Waals surface area contributed by atoms with Gasteiger partial charge in [0.2, 0.25) is 0 Å². The van der Waals surface area contributed by atoms with Gasteiger partial charge in [-0.15, -0.1) is 11.3 Å². The quantitative estimate of drug-likeness (QED) is 0.891. The average molecular weight is 304 g/mol. The number of hydrogen-bond acceptors (Lipinski definition) is 4. The van der Waals surface area contributed by atoms with E-state index in [1.807, 2.05) is 12.1 Å². The Kier molecular flexibility index (Phi) is 5.33. The minimum atomic E-state index is -0.0884. The normalized spacial score (nSPS) is 10.7. The third-order valence-corrected chi connectivity index (χ3v) is 4.04. The van der Waals surface area contributed by atoms with Crippen LogP contribution in [0.1, 0.15) is 40.8 Å². The number of nitrogens with zero attached hydrogens (tertiary/aromatic N) is 1. The zero-order valence-corrected chi connectivity index (χ0v) is 13.4. The Morgan fingerprint density at radius 1 is 1.43 bits per heavy atom. The summed E-state index contributed by atoms with van der Waals surface area (Å²) in [7, 11) is 1.59. The molecule has 0 saturated carbocycles. The number of rotatable bonds is 6. The molecule has 0 unspecified atom stereocenters. The van der Waals surface area contributed by atoms with Gasteiger partial charge in [0.15, 0.2) is 0 Å². The van der Waals surface area contributed by atoms with Crippen LogP contribution in [0.15, 0.2) is 29.6 Å². The minimum absolute atomic E-state index is 0.0884. The second-order valence-electron chi connectivity index (χ2n) is 5.06. The minimum Gasteiger partial charge on any atom is -0.497 e. The van der Waals surface area contributed by atoms with Crippen molar-refractivity contribution in [2.75, 3.05) is 13.7 Å². The van der Waals surface area contributed by atoms with Crippen molar-refractivity contribution in [3.05, 3.63) is 45.9 Å². The smallest absolute Gasteiger partial charge is 0.251 e. The fourth-order valence-electron chi connectivity index (χ4n) is 1.85. The Balaban J connectivity index is 1.86. The fraction of sp³-hybridized carbons (Fsp3) is 0.375. The van der Waals surface area contributed by atoms with Crippen molar-refractivity contribution >= 4 is 17.2 Å². The SMILES string of the molecule is COc1cccc(C(=O)NCCc2nc(C(C)C)cs2)c1. The number of carbonyl (C=O) groups is 1. The lowest BCUT2D eigenvalue weighted by Gasteiger charge is -2.05. The molecule has 2 rings (SSSR count). The molecule has 0 aliphatic heterocycles. The molecule has 1 heterocycles. The summed E-state index contributed by atoms with van der Waals surface area (Å²) >= 11 is 1.65. The maximum Gasteiger partial charge on any atom is 0.251 e. The molecular weight excluding hydrogens is 284 g/mol. The van der Waals surface area contributed by atoms with Crippen LogP contribution in [0.4, 0.5) is 0 Å². The van der Waals surface area contributed by atoms with E-state index in [1.54, 1.807) is 30.6 Å². The highest BCUT2D eigenvalue weighted by atomic mass is 32.1. The first-order chi connectivity index (χ1) is 10.1. The Morgan fingerprint density at radius 2 is 2.24 bits per heavy atom. The molecule has 2 aromatic rings. The van der Waals surface area contributed by atoms with Gasteiger partial charge in [-0.2, -0.15) is 0 Å². The summed E-state index contributed by atoms with van der Waals surface area (Å²) in [5.41, 5.74) is 1.73. The van der Waals surface area contributed by atoms with E-state index in [-0.39, 0.29) is 5.91 Å².